The number of hydrogen-bond donors (Lipinski definition) is 1. The van der Waals surface area contributed by atoms with Crippen LogP contribution >= 0.6 is 58.8 Å². The number of ether oxygens (including phenoxy) is 6. The smallest absolute Gasteiger partial charge is 0.162 e. The number of nitrogens with one attached hydrogen (secondary N) is 1. The van der Waals surface area contributed by atoms with E-state index >= 15 is 0 Å². The lowest BCUT2D eigenvalue weighted by Gasteiger charge is -2.31. The Morgan fingerprint density at radius 1 is 0.343 bits per heavy atom. The summed E-state index contributed by atoms with van der Waals surface area (Å²) in [5.41, 5.74) is -0.0712. The quantitative estimate of drug-likeness (QED) is 0.250. The third kappa shape index (κ3) is 49.0. The molecule has 420 valence electrons. The largest absolute Gasteiger partial charge is 0.381 e. The van der Waals surface area contributed by atoms with Crippen LogP contribution in [0.1, 0.15) is 197 Å². The van der Waals surface area contributed by atoms with Crippen molar-refractivity contribution >= 4 is 58.8 Å². The number of nitrogens with zero attached hydrogens (tertiary/aromatic N) is 2. The van der Waals surface area contributed by atoms with Crippen molar-refractivity contribution in [2.24, 2.45) is 0 Å². The van der Waals surface area contributed by atoms with Crippen LogP contribution in [-0.2, 0) is 28.4 Å². The molecule has 0 aromatic carbocycles. The maximum atomic E-state index is 5.43. The molecule has 0 aromatic heterocycles. The molecule has 9 nitrogen and oxygen atoms in total. The Hall–Kier alpha value is 1.39. The first-order valence-corrected chi connectivity index (χ1v) is 33.8. The molecule has 10 aliphatic heterocycles. The van der Waals surface area contributed by atoms with Crippen LogP contribution < -0.4 is 5.32 Å². The minimum atomic E-state index is -0.321. The average molecular weight is 1090 g/mol. The van der Waals surface area contributed by atoms with Crippen molar-refractivity contribution in [2.75, 3.05) is 140 Å². The number of thioether (sulfide) groups is 5. The zero-order valence-electron chi connectivity index (χ0n) is 47.6. The molecular weight excluding hydrogens is 971 g/mol. The minimum Gasteiger partial charge on any atom is -0.381 e. The molecule has 10 aliphatic rings. The summed E-state index contributed by atoms with van der Waals surface area (Å²) in [4.78, 5) is 4.88. The second-order valence-corrected chi connectivity index (χ2v) is 29.2. The van der Waals surface area contributed by atoms with Gasteiger partial charge in [0.25, 0.3) is 0 Å². The Kier molecular flexibility index (Phi) is 46.1. The lowest BCUT2D eigenvalue weighted by atomic mass is 10.1. The zero-order chi connectivity index (χ0) is 51.3. The fraction of sp³-hybridized carbons (Fsp3) is 1.00. The first-order valence-electron chi connectivity index (χ1n) is 28.5. The highest BCUT2D eigenvalue weighted by Gasteiger charge is 2.23. The summed E-state index contributed by atoms with van der Waals surface area (Å²) in [7, 11) is 4.39. The Morgan fingerprint density at radius 2 is 0.729 bits per heavy atom. The van der Waals surface area contributed by atoms with Crippen molar-refractivity contribution in [3.8, 4) is 0 Å². The molecule has 0 atom stereocenters. The van der Waals surface area contributed by atoms with Gasteiger partial charge in [0, 0.05) is 33.0 Å². The van der Waals surface area contributed by atoms with Gasteiger partial charge in [-0.2, -0.15) is 23.5 Å². The maximum absolute atomic E-state index is 5.43. The van der Waals surface area contributed by atoms with Crippen LogP contribution in [0.5, 0.6) is 0 Å². The van der Waals surface area contributed by atoms with Gasteiger partial charge in [0.2, 0.25) is 0 Å². The molecule has 0 bridgehead atoms. The number of likely N-dealkylation sites (tertiary alicyclic amines) is 2. The SMILES string of the molecule is C1CCOCC1.C1CCOCC1.C1CCSCC1.C1CCSCC1.CC1(C)NCCCO1.CC1(C)OCCCO1.CC1(C)OCCCS1.CC1(C)SCCCS1.CN1CCCCC1.CN1CCCCC1. The van der Waals surface area contributed by atoms with E-state index in [1.54, 1.807) is 0 Å². The summed E-state index contributed by atoms with van der Waals surface area (Å²) in [6, 6.07) is 0. The predicted molar refractivity (Wildman–Crippen MR) is 318 cm³/mol. The normalized spacial score (nSPS) is 26.0. The van der Waals surface area contributed by atoms with Crippen molar-refractivity contribution < 1.29 is 28.4 Å². The highest BCUT2D eigenvalue weighted by Crippen LogP contribution is 2.40. The van der Waals surface area contributed by atoms with Crippen LogP contribution in [0.15, 0.2) is 0 Å². The maximum Gasteiger partial charge on any atom is 0.162 e. The summed E-state index contributed by atoms with van der Waals surface area (Å²) in [5, 5.41) is 3.24. The zero-order valence-corrected chi connectivity index (χ0v) is 51.7. The molecule has 10 rings (SSSR count). The Labute approximate surface area is 456 Å². The van der Waals surface area contributed by atoms with Crippen LogP contribution in [0.2, 0.25) is 0 Å². The molecule has 10 heterocycles. The summed E-state index contributed by atoms with van der Waals surface area (Å²) in [6.45, 7) is 30.7. The van der Waals surface area contributed by atoms with Crippen molar-refractivity contribution in [3.63, 3.8) is 0 Å². The molecule has 0 aliphatic carbocycles. The molecule has 0 radical (unpaired) electrons. The molecule has 0 unspecified atom stereocenters. The molecule has 10 saturated heterocycles. The number of piperidine rings is 2. The predicted octanol–water partition coefficient (Wildman–Crippen LogP) is 14.7. The van der Waals surface area contributed by atoms with Crippen LogP contribution in [0.4, 0.5) is 0 Å². The lowest BCUT2D eigenvalue weighted by molar-refractivity contribution is -0.244. The summed E-state index contributed by atoms with van der Waals surface area (Å²) in [5.74, 6) is 9.32. The van der Waals surface area contributed by atoms with E-state index in [0.717, 1.165) is 72.2 Å². The first-order chi connectivity index (χ1) is 33.6. The van der Waals surface area contributed by atoms with Crippen LogP contribution in [-0.4, -0.2) is 170 Å². The highest BCUT2D eigenvalue weighted by atomic mass is 32.2. The van der Waals surface area contributed by atoms with Gasteiger partial charge in [-0.3, -0.25) is 5.32 Å². The molecule has 0 amide bonds. The second kappa shape index (κ2) is 46.5. The third-order valence-corrected chi connectivity index (χ3v) is 19.1. The van der Waals surface area contributed by atoms with E-state index in [9.17, 15) is 0 Å². The average Bonchev–Trinajstić information content (AvgIpc) is 3.38. The number of hydrogen-bond acceptors (Lipinski definition) is 14. The molecule has 1 N–H and O–H groups in total. The Morgan fingerprint density at radius 3 is 0.900 bits per heavy atom. The molecule has 10 fully saturated rings. The van der Waals surface area contributed by atoms with Crippen LogP contribution in [0.3, 0.4) is 0 Å². The summed E-state index contributed by atoms with van der Waals surface area (Å²) < 4.78 is 31.9. The number of rotatable bonds is 0. The topological polar surface area (TPSA) is 73.9 Å². The fourth-order valence-corrected chi connectivity index (χ4v) is 13.4. The van der Waals surface area contributed by atoms with Gasteiger partial charge in [-0.15, -0.1) is 35.3 Å². The fourth-order valence-electron chi connectivity index (χ4n) is 7.90. The van der Waals surface area contributed by atoms with Gasteiger partial charge in [-0.05, 0) is 258 Å². The van der Waals surface area contributed by atoms with E-state index in [4.69, 9.17) is 28.4 Å². The van der Waals surface area contributed by atoms with Crippen molar-refractivity contribution in [2.45, 2.75) is 217 Å². The minimum absolute atomic E-state index is 0.0712. The van der Waals surface area contributed by atoms with E-state index in [1.807, 2.05) is 39.5 Å². The molecule has 0 spiro atoms. The molecule has 14 heteroatoms. The Balaban J connectivity index is 0.000000390. The van der Waals surface area contributed by atoms with Crippen LogP contribution in [0.25, 0.3) is 0 Å². The van der Waals surface area contributed by atoms with Gasteiger partial charge in [-0.1, -0.05) is 25.7 Å². The van der Waals surface area contributed by atoms with E-state index in [1.165, 1.54) is 195 Å². The monoisotopic (exact) mass is 1090 g/mol. The van der Waals surface area contributed by atoms with Crippen molar-refractivity contribution in [1.82, 2.24) is 15.1 Å². The first kappa shape index (κ1) is 69.4. The van der Waals surface area contributed by atoms with Gasteiger partial charge in [0.05, 0.1) is 23.9 Å². The van der Waals surface area contributed by atoms with E-state index in [-0.39, 0.29) is 16.4 Å². The van der Waals surface area contributed by atoms with Gasteiger partial charge >= 0.3 is 0 Å². The second-order valence-electron chi connectivity index (χ2n) is 21.4. The van der Waals surface area contributed by atoms with Crippen molar-refractivity contribution in [1.29, 1.82) is 0 Å². The van der Waals surface area contributed by atoms with Gasteiger partial charge in [-0.25, -0.2) is 0 Å². The summed E-state index contributed by atoms with van der Waals surface area (Å²) in [6.07, 6.45) is 30.0. The lowest BCUT2D eigenvalue weighted by Crippen LogP contribution is -2.46. The highest BCUT2D eigenvalue weighted by molar-refractivity contribution is 8.18. The van der Waals surface area contributed by atoms with Gasteiger partial charge in [0.15, 0.2) is 5.79 Å². The van der Waals surface area contributed by atoms with Crippen LogP contribution in [0, 0.1) is 0 Å². The standard InChI is InChI=1S/C6H13NO.2C6H13N.C6H12O2.C6H12OS.C6H12S2.2C5H10O.2C5H10S/c1-6(2)7-4-3-5-8-6;2*1-7-5-3-2-4-6-7;3*1-6(2)7-4-3-5-8-6;4*1-2-4-6-5-3-1/h7H,3-5H2,1-2H3;2*2-6H2,1H3;3*3-5H2,1-2H3;4*1-5H2. The van der Waals surface area contributed by atoms with E-state index in [2.05, 4.69) is 104 Å². The third-order valence-electron chi connectivity index (χ3n) is 12.4. The molecular formula is C56H115N3O6S5. The van der Waals surface area contributed by atoms with Crippen molar-refractivity contribution in [3.05, 3.63) is 0 Å². The van der Waals surface area contributed by atoms with E-state index < -0.39 is 0 Å². The molecule has 0 saturated carbocycles. The van der Waals surface area contributed by atoms with Gasteiger partial charge < -0.3 is 38.2 Å². The Bertz CT molecular complexity index is 872. The molecule has 70 heavy (non-hydrogen) atoms. The summed E-state index contributed by atoms with van der Waals surface area (Å²) >= 11 is 10.3. The van der Waals surface area contributed by atoms with E-state index in [0.29, 0.717) is 4.08 Å². The van der Waals surface area contributed by atoms with Gasteiger partial charge in [0.1, 0.15) is 10.7 Å². The molecule has 0 aromatic rings.